The van der Waals surface area contributed by atoms with E-state index in [9.17, 15) is 0 Å². The smallest absolute Gasteiger partial charge is 0.0783 e. The minimum absolute atomic E-state index is 0.447. The summed E-state index contributed by atoms with van der Waals surface area (Å²) >= 11 is 0. The molecular formula is C12H20O. The summed E-state index contributed by atoms with van der Waals surface area (Å²) < 4.78 is 5.86. The lowest BCUT2D eigenvalue weighted by atomic mass is 9.85. The molecule has 0 aromatic carbocycles. The van der Waals surface area contributed by atoms with Crippen molar-refractivity contribution in [3.05, 3.63) is 12.2 Å². The lowest BCUT2D eigenvalue weighted by Crippen LogP contribution is -2.23. The van der Waals surface area contributed by atoms with Gasteiger partial charge in [-0.3, -0.25) is 0 Å². The molecule has 1 aliphatic carbocycles. The van der Waals surface area contributed by atoms with Gasteiger partial charge in [-0.2, -0.15) is 0 Å². The van der Waals surface area contributed by atoms with E-state index in [4.69, 9.17) is 4.74 Å². The molecule has 1 fully saturated rings. The van der Waals surface area contributed by atoms with Gasteiger partial charge in [-0.1, -0.05) is 31.4 Å². The Morgan fingerprint density at radius 3 is 2.69 bits per heavy atom. The third-order valence-corrected chi connectivity index (χ3v) is 3.27. The van der Waals surface area contributed by atoms with Gasteiger partial charge >= 0.3 is 0 Å². The molecule has 1 heteroatoms. The molecule has 1 saturated carbocycles. The van der Waals surface area contributed by atoms with Gasteiger partial charge < -0.3 is 4.74 Å². The predicted molar refractivity (Wildman–Crippen MR) is 54.7 cm³/mol. The number of hydrogen-bond acceptors (Lipinski definition) is 1. The van der Waals surface area contributed by atoms with Crippen LogP contribution < -0.4 is 0 Å². The van der Waals surface area contributed by atoms with Gasteiger partial charge in [0.25, 0.3) is 0 Å². The van der Waals surface area contributed by atoms with Crippen molar-refractivity contribution < 1.29 is 4.74 Å². The first-order valence-corrected chi connectivity index (χ1v) is 5.75. The molecule has 0 aromatic heterocycles. The highest BCUT2D eigenvalue weighted by Gasteiger charge is 2.22. The summed E-state index contributed by atoms with van der Waals surface area (Å²) in [4.78, 5) is 0. The summed E-state index contributed by atoms with van der Waals surface area (Å²) in [6, 6.07) is 0. The second-order valence-corrected chi connectivity index (χ2v) is 4.30. The van der Waals surface area contributed by atoms with Crippen molar-refractivity contribution in [3.63, 3.8) is 0 Å². The van der Waals surface area contributed by atoms with Crippen LogP contribution in [0.2, 0.25) is 0 Å². The molecule has 1 atom stereocenters. The van der Waals surface area contributed by atoms with Crippen LogP contribution in [0.25, 0.3) is 0 Å². The number of hydrogen-bond donors (Lipinski definition) is 0. The minimum Gasteiger partial charge on any atom is -0.374 e. The van der Waals surface area contributed by atoms with E-state index in [2.05, 4.69) is 12.2 Å². The SMILES string of the molecule is C1=CC(C2CCCCC2)OCCC1. The fraction of sp³-hybridized carbons (Fsp3) is 0.833. The van der Waals surface area contributed by atoms with E-state index in [1.165, 1.54) is 44.9 Å². The summed E-state index contributed by atoms with van der Waals surface area (Å²) in [5.74, 6) is 0.822. The van der Waals surface area contributed by atoms with Crippen molar-refractivity contribution in [3.8, 4) is 0 Å². The number of rotatable bonds is 1. The van der Waals surface area contributed by atoms with Crippen LogP contribution in [-0.2, 0) is 4.74 Å². The summed E-state index contributed by atoms with van der Waals surface area (Å²) in [5, 5.41) is 0. The third kappa shape index (κ3) is 2.57. The van der Waals surface area contributed by atoms with Gasteiger partial charge in [0.15, 0.2) is 0 Å². The van der Waals surface area contributed by atoms with Crippen LogP contribution in [0.5, 0.6) is 0 Å². The zero-order valence-corrected chi connectivity index (χ0v) is 8.37. The quantitative estimate of drug-likeness (QED) is 0.563. The monoisotopic (exact) mass is 180 g/mol. The van der Waals surface area contributed by atoms with E-state index in [0.29, 0.717) is 6.10 Å². The first-order chi connectivity index (χ1) is 6.47. The Bertz CT molecular complexity index is 168. The Hall–Kier alpha value is -0.300. The molecule has 1 unspecified atom stereocenters. The zero-order chi connectivity index (χ0) is 8.93. The van der Waals surface area contributed by atoms with Gasteiger partial charge in [0, 0.05) is 6.61 Å². The molecule has 1 aliphatic heterocycles. The maximum Gasteiger partial charge on any atom is 0.0783 e. The molecule has 2 rings (SSSR count). The van der Waals surface area contributed by atoms with Crippen LogP contribution in [0.1, 0.15) is 44.9 Å². The van der Waals surface area contributed by atoms with Crippen LogP contribution in [0.15, 0.2) is 12.2 Å². The Morgan fingerprint density at radius 2 is 1.85 bits per heavy atom. The van der Waals surface area contributed by atoms with E-state index >= 15 is 0 Å². The molecule has 0 aromatic rings. The Morgan fingerprint density at radius 1 is 1.00 bits per heavy atom. The maximum atomic E-state index is 5.86. The molecule has 0 amide bonds. The molecule has 0 bridgehead atoms. The third-order valence-electron chi connectivity index (χ3n) is 3.27. The van der Waals surface area contributed by atoms with Crippen LogP contribution >= 0.6 is 0 Å². The summed E-state index contributed by atoms with van der Waals surface area (Å²) in [7, 11) is 0. The minimum atomic E-state index is 0.447. The number of allylic oxidation sites excluding steroid dienone is 1. The molecule has 0 saturated heterocycles. The standard InChI is InChI=1S/C12H20O/c1-3-7-11(8-4-1)12-9-5-2-6-10-13-12/h5,9,11-12H,1-4,6-8,10H2. The lowest BCUT2D eigenvalue weighted by molar-refractivity contribution is 0.0345. The van der Waals surface area contributed by atoms with Gasteiger partial charge in [-0.25, -0.2) is 0 Å². The van der Waals surface area contributed by atoms with Gasteiger partial charge in [0.05, 0.1) is 6.10 Å². The molecule has 1 heterocycles. The molecule has 13 heavy (non-hydrogen) atoms. The molecule has 74 valence electrons. The van der Waals surface area contributed by atoms with Crippen molar-refractivity contribution in [1.82, 2.24) is 0 Å². The van der Waals surface area contributed by atoms with Crippen LogP contribution in [0, 0.1) is 5.92 Å². The van der Waals surface area contributed by atoms with Crippen LogP contribution in [-0.4, -0.2) is 12.7 Å². The van der Waals surface area contributed by atoms with E-state index in [1.54, 1.807) is 0 Å². The van der Waals surface area contributed by atoms with Gasteiger partial charge in [0.2, 0.25) is 0 Å². The van der Waals surface area contributed by atoms with Crippen molar-refractivity contribution in [2.75, 3.05) is 6.61 Å². The molecule has 2 aliphatic rings. The Kier molecular flexibility index (Phi) is 3.42. The van der Waals surface area contributed by atoms with Crippen LogP contribution in [0.4, 0.5) is 0 Å². The summed E-state index contributed by atoms with van der Waals surface area (Å²) in [5.41, 5.74) is 0. The van der Waals surface area contributed by atoms with Crippen molar-refractivity contribution in [2.45, 2.75) is 51.0 Å². The first kappa shape index (κ1) is 9.26. The van der Waals surface area contributed by atoms with Crippen molar-refractivity contribution in [2.24, 2.45) is 5.92 Å². The Balaban J connectivity index is 1.89. The molecule has 1 nitrogen and oxygen atoms in total. The summed E-state index contributed by atoms with van der Waals surface area (Å²) in [6.07, 6.45) is 14.5. The van der Waals surface area contributed by atoms with Crippen LogP contribution in [0.3, 0.4) is 0 Å². The van der Waals surface area contributed by atoms with Gasteiger partial charge in [-0.15, -0.1) is 0 Å². The fourth-order valence-electron chi connectivity index (χ4n) is 2.46. The maximum absolute atomic E-state index is 5.86. The Labute approximate surface area is 81.2 Å². The second-order valence-electron chi connectivity index (χ2n) is 4.30. The molecule has 0 radical (unpaired) electrons. The van der Waals surface area contributed by atoms with Gasteiger partial charge in [0.1, 0.15) is 0 Å². The summed E-state index contributed by atoms with van der Waals surface area (Å²) in [6.45, 7) is 0.966. The molecule has 0 N–H and O–H groups in total. The normalized spacial score (nSPS) is 31.5. The zero-order valence-electron chi connectivity index (χ0n) is 8.37. The molecule has 0 spiro atoms. The average Bonchev–Trinajstić information content (AvgIpc) is 2.47. The second kappa shape index (κ2) is 4.80. The highest BCUT2D eigenvalue weighted by Crippen LogP contribution is 2.29. The molecular weight excluding hydrogens is 160 g/mol. The van der Waals surface area contributed by atoms with E-state index in [-0.39, 0.29) is 0 Å². The van der Waals surface area contributed by atoms with Crippen molar-refractivity contribution >= 4 is 0 Å². The predicted octanol–water partition coefficient (Wildman–Crippen LogP) is 3.30. The highest BCUT2D eigenvalue weighted by atomic mass is 16.5. The first-order valence-electron chi connectivity index (χ1n) is 5.75. The van der Waals surface area contributed by atoms with Gasteiger partial charge in [-0.05, 0) is 31.6 Å². The van der Waals surface area contributed by atoms with Crippen molar-refractivity contribution in [1.29, 1.82) is 0 Å². The number of ether oxygens (including phenoxy) is 1. The van der Waals surface area contributed by atoms with E-state index in [1.807, 2.05) is 0 Å². The highest BCUT2D eigenvalue weighted by molar-refractivity contribution is 4.95. The fourth-order valence-corrected chi connectivity index (χ4v) is 2.46. The van der Waals surface area contributed by atoms with E-state index < -0.39 is 0 Å². The lowest BCUT2D eigenvalue weighted by Gasteiger charge is -2.27. The topological polar surface area (TPSA) is 9.23 Å². The average molecular weight is 180 g/mol. The largest absolute Gasteiger partial charge is 0.374 e. The van der Waals surface area contributed by atoms with E-state index in [0.717, 1.165) is 12.5 Å².